The number of rotatable bonds is 5. The van der Waals surface area contributed by atoms with Gasteiger partial charge in [0.1, 0.15) is 11.6 Å². The lowest BCUT2D eigenvalue weighted by Crippen LogP contribution is -2.50. The lowest BCUT2D eigenvalue weighted by atomic mass is 9.93. The van der Waals surface area contributed by atoms with Gasteiger partial charge in [0.05, 0.1) is 5.92 Å². The van der Waals surface area contributed by atoms with E-state index in [1.807, 2.05) is 23.2 Å². The Kier molecular flexibility index (Phi) is 5.83. The Balaban J connectivity index is 1.50. The molecule has 4 rings (SSSR count). The van der Waals surface area contributed by atoms with Crippen molar-refractivity contribution in [2.24, 2.45) is 11.7 Å². The Morgan fingerprint density at radius 2 is 1.86 bits per heavy atom. The Morgan fingerprint density at radius 3 is 2.62 bits per heavy atom. The molecule has 2 aliphatic rings. The minimum atomic E-state index is -0.326. The van der Waals surface area contributed by atoms with Crippen LogP contribution in [-0.4, -0.2) is 43.1 Å². The van der Waals surface area contributed by atoms with Crippen LogP contribution in [0.1, 0.15) is 25.7 Å². The summed E-state index contributed by atoms with van der Waals surface area (Å²) in [4.78, 5) is 20.8. The van der Waals surface area contributed by atoms with E-state index in [1.165, 1.54) is 37.1 Å². The van der Waals surface area contributed by atoms with Gasteiger partial charge in [-0.15, -0.1) is 0 Å². The number of pyridine rings is 1. The smallest absolute Gasteiger partial charge is 0.222 e. The summed E-state index contributed by atoms with van der Waals surface area (Å²) in [6.45, 7) is 3.30. The number of nitrogens with two attached hydrogens (primary N) is 1. The molecule has 2 saturated heterocycles. The first-order valence-corrected chi connectivity index (χ1v) is 10.4. The third-order valence-corrected chi connectivity index (χ3v) is 5.84. The molecule has 6 nitrogen and oxygen atoms in total. The molecule has 3 N–H and O–H groups in total. The van der Waals surface area contributed by atoms with Crippen molar-refractivity contribution < 1.29 is 9.18 Å². The molecule has 7 heteroatoms. The van der Waals surface area contributed by atoms with E-state index in [-0.39, 0.29) is 23.7 Å². The third-order valence-electron chi connectivity index (χ3n) is 5.84. The van der Waals surface area contributed by atoms with Gasteiger partial charge in [0.15, 0.2) is 0 Å². The molecule has 3 heterocycles. The van der Waals surface area contributed by atoms with Gasteiger partial charge in [0, 0.05) is 55.9 Å². The number of carbonyl (C=O) groups is 1. The van der Waals surface area contributed by atoms with Crippen LogP contribution in [0.4, 0.5) is 21.6 Å². The van der Waals surface area contributed by atoms with Gasteiger partial charge in [-0.3, -0.25) is 4.79 Å². The van der Waals surface area contributed by atoms with Crippen LogP contribution in [0.15, 0.2) is 42.6 Å². The van der Waals surface area contributed by atoms with Gasteiger partial charge in [-0.25, -0.2) is 9.37 Å². The van der Waals surface area contributed by atoms with Crippen molar-refractivity contribution in [3.63, 3.8) is 0 Å². The van der Waals surface area contributed by atoms with E-state index in [1.54, 1.807) is 6.07 Å². The fourth-order valence-electron chi connectivity index (χ4n) is 4.35. The van der Waals surface area contributed by atoms with Crippen LogP contribution in [-0.2, 0) is 4.79 Å². The molecule has 2 aromatic rings. The predicted molar refractivity (Wildman–Crippen MR) is 114 cm³/mol. The monoisotopic (exact) mass is 397 g/mol. The second kappa shape index (κ2) is 8.68. The molecule has 2 atom stereocenters. The molecule has 0 aliphatic carbocycles. The van der Waals surface area contributed by atoms with Crippen LogP contribution >= 0.6 is 0 Å². The predicted octanol–water partition coefficient (Wildman–Crippen LogP) is 3.00. The van der Waals surface area contributed by atoms with Gasteiger partial charge in [0.2, 0.25) is 5.91 Å². The Hall–Kier alpha value is -2.83. The molecular weight excluding hydrogens is 369 g/mol. The highest BCUT2D eigenvalue weighted by molar-refractivity contribution is 5.78. The van der Waals surface area contributed by atoms with Gasteiger partial charge >= 0.3 is 0 Å². The quantitative estimate of drug-likeness (QED) is 0.811. The summed E-state index contributed by atoms with van der Waals surface area (Å²) in [5, 5.41) is 3.48. The number of hydrogen-bond acceptors (Lipinski definition) is 5. The van der Waals surface area contributed by atoms with Gasteiger partial charge in [-0.2, -0.15) is 0 Å². The normalized spacial score (nSPS) is 22.4. The number of halogens is 1. The summed E-state index contributed by atoms with van der Waals surface area (Å²) in [7, 11) is 0. The number of amides is 1. The average Bonchev–Trinajstić information content (AvgIpc) is 2.74. The van der Waals surface area contributed by atoms with Crippen LogP contribution < -0.4 is 20.9 Å². The average molecular weight is 397 g/mol. The molecule has 2 fully saturated rings. The lowest BCUT2D eigenvalue weighted by Gasteiger charge is -2.38. The van der Waals surface area contributed by atoms with Crippen molar-refractivity contribution in [1.82, 2.24) is 4.98 Å². The zero-order valence-corrected chi connectivity index (χ0v) is 16.6. The minimum absolute atomic E-state index is 0.00590. The molecule has 2 aliphatic heterocycles. The zero-order valence-electron chi connectivity index (χ0n) is 16.6. The van der Waals surface area contributed by atoms with Crippen LogP contribution in [0.2, 0.25) is 0 Å². The van der Waals surface area contributed by atoms with Crippen LogP contribution in [0.5, 0.6) is 0 Å². The SMILES string of the molecule is NC(=O)[C@@H]1C[C@H](Nc2cc(N3CCCCC3)ccn2)CN(c2cccc(F)c2)C1. The van der Waals surface area contributed by atoms with Gasteiger partial charge in [-0.1, -0.05) is 6.07 Å². The maximum absolute atomic E-state index is 13.7. The van der Waals surface area contributed by atoms with E-state index in [0.29, 0.717) is 19.5 Å². The van der Waals surface area contributed by atoms with E-state index in [9.17, 15) is 9.18 Å². The number of piperidine rings is 2. The number of carbonyl (C=O) groups excluding carboxylic acids is 1. The molecule has 29 heavy (non-hydrogen) atoms. The first kappa shape index (κ1) is 19.5. The second-order valence-electron chi connectivity index (χ2n) is 8.01. The van der Waals surface area contributed by atoms with Crippen molar-refractivity contribution in [3.8, 4) is 0 Å². The van der Waals surface area contributed by atoms with Crippen molar-refractivity contribution in [2.45, 2.75) is 31.7 Å². The van der Waals surface area contributed by atoms with E-state index in [4.69, 9.17) is 5.73 Å². The zero-order chi connectivity index (χ0) is 20.2. The summed E-state index contributed by atoms with van der Waals surface area (Å²) in [5.41, 5.74) is 7.56. The standard InChI is InChI=1S/C22H28FN5O/c23-17-5-4-6-19(12-17)28-14-16(22(24)29)11-18(15-28)26-21-13-20(7-8-25-21)27-9-2-1-3-10-27/h4-8,12-13,16,18H,1-3,9-11,14-15H2,(H2,24,29)(H,25,26)/t16-,18+/m1/s1. The number of benzene rings is 1. The summed E-state index contributed by atoms with van der Waals surface area (Å²) < 4.78 is 13.7. The third kappa shape index (κ3) is 4.78. The maximum Gasteiger partial charge on any atom is 0.222 e. The van der Waals surface area contributed by atoms with E-state index >= 15 is 0 Å². The number of nitrogens with zero attached hydrogens (tertiary/aromatic N) is 3. The molecule has 0 unspecified atom stereocenters. The topological polar surface area (TPSA) is 74.5 Å². The minimum Gasteiger partial charge on any atom is -0.371 e. The fraction of sp³-hybridized carbons (Fsp3) is 0.455. The first-order valence-electron chi connectivity index (χ1n) is 10.4. The van der Waals surface area contributed by atoms with E-state index < -0.39 is 0 Å². The molecule has 0 saturated carbocycles. The Labute approximate surface area is 170 Å². The molecule has 0 spiro atoms. The number of nitrogens with one attached hydrogen (secondary N) is 1. The molecule has 154 valence electrons. The fourth-order valence-corrected chi connectivity index (χ4v) is 4.35. The van der Waals surface area contributed by atoms with Crippen molar-refractivity contribution in [1.29, 1.82) is 0 Å². The van der Waals surface area contributed by atoms with Crippen molar-refractivity contribution >= 4 is 23.1 Å². The molecule has 0 radical (unpaired) electrons. The Morgan fingerprint density at radius 1 is 1.07 bits per heavy atom. The summed E-state index contributed by atoms with van der Waals surface area (Å²) in [6, 6.07) is 10.6. The summed E-state index contributed by atoms with van der Waals surface area (Å²) in [6.07, 6.45) is 6.19. The summed E-state index contributed by atoms with van der Waals surface area (Å²) in [5.74, 6) is -0.116. The van der Waals surface area contributed by atoms with Crippen LogP contribution in [0.3, 0.4) is 0 Å². The number of anilines is 3. The lowest BCUT2D eigenvalue weighted by molar-refractivity contribution is -0.122. The van der Waals surface area contributed by atoms with Crippen molar-refractivity contribution in [2.75, 3.05) is 41.3 Å². The van der Waals surface area contributed by atoms with Crippen LogP contribution in [0.25, 0.3) is 0 Å². The second-order valence-corrected chi connectivity index (χ2v) is 8.01. The van der Waals surface area contributed by atoms with E-state index in [2.05, 4.69) is 21.3 Å². The number of primary amides is 1. The van der Waals surface area contributed by atoms with Crippen LogP contribution in [0, 0.1) is 11.7 Å². The highest BCUT2D eigenvalue weighted by Gasteiger charge is 2.31. The molecule has 1 aromatic carbocycles. The van der Waals surface area contributed by atoms with Gasteiger partial charge < -0.3 is 20.9 Å². The summed E-state index contributed by atoms with van der Waals surface area (Å²) >= 11 is 0. The highest BCUT2D eigenvalue weighted by Crippen LogP contribution is 2.27. The first-order chi connectivity index (χ1) is 14.1. The van der Waals surface area contributed by atoms with Crippen molar-refractivity contribution in [3.05, 3.63) is 48.4 Å². The molecule has 0 bridgehead atoms. The van der Waals surface area contributed by atoms with Gasteiger partial charge in [-0.05, 0) is 49.9 Å². The van der Waals surface area contributed by atoms with E-state index in [0.717, 1.165) is 24.6 Å². The highest BCUT2D eigenvalue weighted by atomic mass is 19.1. The molecular formula is C22H28FN5O. The number of aromatic nitrogens is 1. The maximum atomic E-state index is 13.7. The molecule has 1 amide bonds. The molecule has 1 aromatic heterocycles. The largest absolute Gasteiger partial charge is 0.371 e. The van der Waals surface area contributed by atoms with Gasteiger partial charge in [0.25, 0.3) is 0 Å². The number of hydrogen-bond donors (Lipinski definition) is 2. The Bertz CT molecular complexity index is 855.